The second-order valence-corrected chi connectivity index (χ2v) is 12.0. The number of pyridine rings is 1. The highest BCUT2D eigenvalue weighted by molar-refractivity contribution is 6.09. The third kappa shape index (κ3) is 4.38. The summed E-state index contributed by atoms with van der Waals surface area (Å²) >= 11 is 0. The summed E-state index contributed by atoms with van der Waals surface area (Å²) < 4.78 is 8.78. The number of hydrogen-bond donors (Lipinski definition) is 0. The molecule has 0 saturated heterocycles. The molecule has 0 saturated carbocycles. The van der Waals surface area contributed by atoms with Crippen molar-refractivity contribution in [2.24, 2.45) is 0 Å². The van der Waals surface area contributed by atoms with Crippen LogP contribution in [0.3, 0.4) is 0 Å². The second kappa shape index (κ2) is 9.41. The van der Waals surface area contributed by atoms with Crippen LogP contribution < -0.4 is 4.74 Å². The van der Waals surface area contributed by atoms with E-state index in [1.165, 1.54) is 33.4 Å². The van der Waals surface area contributed by atoms with Crippen LogP contribution in [0.25, 0.3) is 33.3 Å². The molecule has 2 aliphatic heterocycles. The average Bonchev–Trinajstić information content (AvgIpc) is 3.47. The third-order valence-electron chi connectivity index (χ3n) is 8.01. The zero-order chi connectivity index (χ0) is 28.3. The molecule has 0 radical (unpaired) electrons. The number of fused-ring (bicyclic) bond motifs is 4. The Labute approximate surface area is 241 Å². The molecule has 0 amide bonds. The van der Waals surface area contributed by atoms with Crippen LogP contribution in [0, 0.1) is 6.92 Å². The van der Waals surface area contributed by atoms with Crippen molar-refractivity contribution in [3.05, 3.63) is 126 Å². The molecule has 0 N–H and O–H groups in total. The van der Waals surface area contributed by atoms with E-state index in [0.717, 1.165) is 40.5 Å². The SMILES string of the molecule is Cc1ccc2c(c1)c1ccc(Oc3cccc(C4=CN(C)C5=CC=CCN45)c3)cc1n2-c1cc(C(C)(C)C)ccn1. The van der Waals surface area contributed by atoms with E-state index in [4.69, 9.17) is 9.72 Å². The number of allylic oxidation sites excluding steroid dienone is 2. The Morgan fingerprint density at radius 3 is 2.56 bits per heavy atom. The van der Waals surface area contributed by atoms with Gasteiger partial charge in [-0.1, -0.05) is 56.7 Å². The van der Waals surface area contributed by atoms with Crippen molar-refractivity contribution >= 4 is 27.5 Å². The van der Waals surface area contributed by atoms with Crippen molar-refractivity contribution in [1.29, 1.82) is 0 Å². The Morgan fingerprint density at radius 1 is 0.854 bits per heavy atom. The first kappa shape index (κ1) is 25.2. The minimum atomic E-state index is 0.0247. The van der Waals surface area contributed by atoms with Gasteiger partial charge in [-0.3, -0.25) is 4.57 Å². The van der Waals surface area contributed by atoms with E-state index in [-0.39, 0.29) is 5.41 Å². The molecule has 5 aromatic rings. The molecular weight excluding hydrogens is 504 g/mol. The summed E-state index contributed by atoms with van der Waals surface area (Å²) in [6, 6.07) is 25.7. The maximum absolute atomic E-state index is 6.52. The second-order valence-electron chi connectivity index (χ2n) is 12.0. The van der Waals surface area contributed by atoms with Gasteiger partial charge in [0.15, 0.2) is 0 Å². The zero-order valence-corrected chi connectivity index (χ0v) is 24.2. The molecule has 0 aliphatic carbocycles. The van der Waals surface area contributed by atoms with Crippen LogP contribution in [-0.2, 0) is 5.41 Å². The first-order valence-electron chi connectivity index (χ1n) is 14.2. The number of nitrogens with zero attached hydrogens (tertiary/aromatic N) is 4. The highest BCUT2D eigenvalue weighted by Crippen LogP contribution is 2.38. The molecule has 0 fully saturated rings. The maximum Gasteiger partial charge on any atom is 0.137 e. The summed E-state index contributed by atoms with van der Waals surface area (Å²) in [4.78, 5) is 9.32. The first-order valence-corrected chi connectivity index (χ1v) is 14.2. The fourth-order valence-corrected chi connectivity index (χ4v) is 5.87. The van der Waals surface area contributed by atoms with Gasteiger partial charge in [-0.15, -0.1) is 0 Å². The normalized spacial score (nSPS) is 15.0. The number of rotatable bonds is 4. The van der Waals surface area contributed by atoms with Gasteiger partial charge in [0.2, 0.25) is 0 Å². The standard InChI is InChI=1S/C36H34N4O/c1-24-12-15-31-30(19-24)29-14-13-28(22-32(29)40(31)34-21-26(16-17-37-34)36(2,3)4)41-27-10-8-9-25(20-27)33-23-38(5)35-11-6-7-18-39(33)35/h6-17,19-23H,18H2,1-5H3. The zero-order valence-electron chi connectivity index (χ0n) is 24.2. The van der Waals surface area contributed by atoms with Gasteiger partial charge in [0.25, 0.3) is 0 Å². The lowest BCUT2D eigenvalue weighted by molar-refractivity contribution is 0.426. The fraction of sp³-hybridized carbons (Fsp3) is 0.194. The molecule has 0 spiro atoms. The summed E-state index contributed by atoms with van der Waals surface area (Å²) in [6.07, 6.45) is 10.5. The first-order chi connectivity index (χ1) is 19.8. The highest BCUT2D eigenvalue weighted by Gasteiger charge is 2.26. The Morgan fingerprint density at radius 2 is 1.71 bits per heavy atom. The van der Waals surface area contributed by atoms with E-state index in [9.17, 15) is 0 Å². The van der Waals surface area contributed by atoms with Crippen molar-refractivity contribution in [3.63, 3.8) is 0 Å². The van der Waals surface area contributed by atoms with Crippen molar-refractivity contribution in [1.82, 2.24) is 19.4 Å². The van der Waals surface area contributed by atoms with Gasteiger partial charge in [-0.25, -0.2) is 4.98 Å². The average molecular weight is 539 g/mol. The number of aryl methyl sites for hydroxylation is 1. The minimum absolute atomic E-state index is 0.0247. The van der Waals surface area contributed by atoms with E-state index in [0.29, 0.717) is 0 Å². The Hall–Kier alpha value is -4.77. The number of benzene rings is 3. The molecule has 5 nitrogen and oxygen atoms in total. The topological polar surface area (TPSA) is 33.5 Å². The summed E-state index contributed by atoms with van der Waals surface area (Å²) in [6.45, 7) is 9.71. The fourth-order valence-electron chi connectivity index (χ4n) is 5.87. The molecule has 0 unspecified atom stereocenters. The molecule has 41 heavy (non-hydrogen) atoms. The molecule has 0 bridgehead atoms. The molecule has 7 rings (SSSR count). The third-order valence-corrected chi connectivity index (χ3v) is 8.01. The lowest BCUT2D eigenvalue weighted by Crippen LogP contribution is -2.24. The van der Waals surface area contributed by atoms with Crippen molar-refractivity contribution in [3.8, 4) is 17.3 Å². The van der Waals surface area contributed by atoms with Gasteiger partial charge in [0.05, 0.1) is 16.7 Å². The Kier molecular flexibility index (Phi) is 5.79. The number of aromatic nitrogens is 2. The van der Waals surface area contributed by atoms with Gasteiger partial charge in [-0.05, 0) is 72.5 Å². The van der Waals surface area contributed by atoms with Gasteiger partial charge in [-0.2, -0.15) is 0 Å². The van der Waals surface area contributed by atoms with E-state index in [1.807, 2.05) is 12.3 Å². The highest BCUT2D eigenvalue weighted by atomic mass is 16.5. The van der Waals surface area contributed by atoms with Crippen LogP contribution in [0.15, 0.2) is 109 Å². The van der Waals surface area contributed by atoms with E-state index >= 15 is 0 Å². The summed E-state index contributed by atoms with van der Waals surface area (Å²) in [5, 5.41) is 2.40. The summed E-state index contributed by atoms with van der Waals surface area (Å²) in [7, 11) is 2.09. The number of ether oxygens (including phenoxy) is 1. The minimum Gasteiger partial charge on any atom is -0.457 e. The van der Waals surface area contributed by atoms with Gasteiger partial charge >= 0.3 is 0 Å². The number of hydrogen-bond acceptors (Lipinski definition) is 4. The summed E-state index contributed by atoms with van der Waals surface area (Å²) in [5.41, 5.74) is 7.03. The van der Waals surface area contributed by atoms with Crippen LogP contribution in [0.2, 0.25) is 0 Å². The van der Waals surface area contributed by atoms with Gasteiger partial charge < -0.3 is 14.5 Å². The van der Waals surface area contributed by atoms with Crippen molar-refractivity contribution in [2.45, 2.75) is 33.1 Å². The molecule has 0 atom stereocenters. The molecule has 2 aromatic heterocycles. The molecule has 2 aliphatic rings. The lowest BCUT2D eigenvalue weighted by Gasteiger charge is -2.26. The summed E-state index contributed by atoms with van der Waals surface area (Å²) in [5.74, 6) is 3.70. The van der Waals surface area contributed by atoms with Crippen molar-refractivity contribution in [2.75, 3.05) is 13.6 Å². The molecule has 204 valence electrons. The van der Waals surface area contributed by atoms with Crippen LogP contribution in [0.1, 0.15) is 37.5 Å². The molecule has 3 aromatic carbocycles. The van der Waals surface area contributed by atoms with Crippen LogP contribution in [-0.4, -0.2) is 32.9 Å². The Balaban J connectivity index is 1.30. The van der Waals surface area contributed by atoms with E-state index in [1.54, 1.807) is 0 Å². The molecular formula is C36H34N4O. The monoisotopic (exact) mass is 538 g/mol. The molecule has 4 heterocycles. The van der Waals surface area contributed by atoms with Crippen LogP contribution in [0.4, 0.5) is 0 Å². The quantitative estimate of drug-likeness (QED) is 0.230. The predicted molar refractivity (Wildman–Crippen MR) is 168 cm³/mol. The van der Waals surface area contributed by atoms with Gasteiger partial charge in [0.1, 0.15) is 23.1 Å². The van der Waals surface area contributed by atoms with Crippen molar-refractivity contribution < 1.29 is 4.74 Å². The van der Waals surface area contributed by atoms with Gasteiger partial charge in [0, 0.05) is 48.4 Å². The molecule has 5 heteroatoms. The predicted octanol–water partition coefficient (Wildman–Crippen LogP) is 8.53. The largest absolute Gasteiger partial charge is 0.457 e. The van der Waals surface area contributed by atoms with E-state index in [2.05, 4.69) is 140 Å². The van der Waals surface area contributed by atoms with Crippen LogP contribution >= 0.6 is 0 Å². The lowest BCUT2D eigenvalue weighted by atomic mass is 9.88. The Bertz CT molecular complexity index is 1920. The smallest absolute Gasteiger partial charge is 0.137 e. The maximum atomic E-state index is 6.52. The van der Waals surface area contributed by atoms with Crippen LogP contribution in [0.5, 0.6) is 11.5 Å². The van der Waals surface area contributed by atoms with E-state index < -0.39 is 0 Å².